The van der Waals surface area contributed by atoms with E-state index >= 15 is 0 Å². The number of esters is 3. The summed E-state index contributed by atoms with van der Waals surface area (Å²) in [5.41, 5.74) is 13.4. The van der Waals surface area contributed by atoms with Gasteiger partial charge in [0.25, 0.3) is 0 Å². The largest absolute Gasteiger partial charge is 0.493 e. The first kappa shape index (κ1) is 38.2. The number of alkyl halides is 3. The Balaban J connectivity index is 1.28. The maximum Gasteiger partial charge on any atom is 0.389 e. The van der Waals surface area contributed by atoms with Crippen molar-refractivity contribution in [2.24, 2.45) is 0 Å². The van der Waals surface area contributed by atoms with Crippen molar-refractivity contribution in [2.75, 3.05) is 38.4 Å². The Bertz CT molecular complexity index is 1540. The second-order valence-electron chi connectivity index (χ2n) is 11.0. The number of carbonyl (C=O) groups is 3. The summed E-state index contributed by atoms with van der Waals surface area (Å²) in [5, 5.41) is 0. The van der Waals surface area contributed by atoms with E-state index in [4.69, 9.17) is 35.2 Å². The van der Waals surface area contributed by atoms with Crippen LogP contribution >= 0.6 is 0 Å². The quantitative estimate of drug-likeness (QED) is 0.0425. The molecule has 0 aromatic heterocycles. The van der Waals surface area contributed by atoms with E-state index in [1.54, 1.807) is 36.4 Å². The Morgan fingerprint density at radius 2 is 1.33 bits per heavy atom. The maximum atomic E-state index is 12.6. The van der Waals surface area contributed by atoms with Gasteiger partial charge < -0.3 is 35.2 Å². The van der Waals surface area contributed by atoms with Crippen LogP contribution in [0.5, 0.6) is 17.2 Å². The highest BCUT2D eigenvalue weighted by molar-refractivity contribution is 5.92. The SMILES string of the molecule is COc1cc(C(=O)Oc2ccc(C=CC(=O)OCCCCCCCCOC(=O)c3cc(N)cc(N)c3)cc2)ccc1OCCCC(F)(F)F. The maximum absolute atomic E-state index is 12.6. The molecular weight excluding hydrogens is 645 g/mol. The second-order valence-corrected chi connectivity index (χ2v) is 11.0. The Labute approximate surface area is 283 Å². The van der Waals surface area contributed by atoms with Gasteiger partial charge in [-0.3, -0.25) is 0 Å². The van der Waals surface area contributed by atoms with Gasteiger partial charge in [-0.2, -0.15) is 13.2 Å². The van der Waals surface area contributed by atoms with Crippen LogP contribution in [0.25, 0.3) is 6.08 Å². The minimum atomic E-state index is -4.26. The van der Waals surface area contributed by atoms with Crippen molar-refractivity contribution in [1.29, 1.82) is 0 Å². The van der Waals surface area contributed by atoms with E-state index in [-0.39, 0.29) is 35.8 Å². The van der Waals surface area contributed by atoms with Crippen molar-refractivity contribution in [3.63, 3.8) is 0 Å². The summed E-state index contributed by atoms with van der Waals surface area (Å²) in [4.78, 5) is 36.8. The average Bonchev–Trinajstić information content (AvgIpc) is 3.06. The lowest BCUT2D eigenvalue weighted by Gasteiger charge is -2.12. The number of anilines is 2. The minimum absolute atomic E-state index is 0.159. The summed E-state index contributed by atoms with van der Waals surface area (Å²) in [6.07, 6.45) is 2.68. The zero-order valence-corrected chi connectivity index (χ0v) is 27.3. The van der Waals surface area contributed by atoms with Crippen LogP contribution < -0.4 is 25.7 Å². The van der Waals surface area contributed by atoms with E-state index in [2.05, 4.69) is 0 Å². The van der Waals surface area contributed by atoms with Gasteiger partial charge in [0.15, 0.2) is 11.5 Å². The highest BCUT2D eigenvalue weighted by Crippen LogP contribution is 2.30. The second kappa shape index (κ2) is 19.6. The molecule has 0 saturated heterocycles. The van der Waals surface area contributed by atoms with E-state index in [0.717, 1.165) is 38.5 Å². The fourth-order valence-electron chi connectivity index (χ4n) is 4.52. The van der Waals surface area contributed by atoms with Gasteiger partial charge in [0.2, 0.25) is 0 Å². The molecule has 0 radical (unpaired) electrons. The Morgan fingerprint density at radius 1 is 0.694 bits per heavy atom. The number of benzene rings is 3. The number of hydrogen-bond acceptors (Lipinski definition) is 10. The Morgan fingerprint density at radius 3 is 1.96 bits per heavy atom. The smallest absolute Gasteiger partial charge is 0.389 e. The molecular formula is C36H41F3N2O8. The Kier molecular flexibility index (Phi) is 15.3. The Hall–Kier alpha value is -5.20. The van der Waals surface area contributed by atoms with Crippen molar-refractivity contribution < 1.29 is 51.2 Å². The third kappa shape index (κ3) is 14.6. The summed E-state index contributed by atoms with van der Waals surface area (Å²) in [5.74, 6) is -0.932. The van der Waals surface area contributed by atoms with Gasteiger partial charge in [-0.15, -0.1) is 0 Å². The number of carbonyl (C=O) groups excluding carboxylic acids is 3. The normalized spacial score (nSPS) is 11.3. The van der Waals surface area contributed by atoms with Crippen LogP contribution in [-0.2, 0) is 14.3 Å². The molecule has 0 aliphatic carbocycles. The number of hydrogen-bond donors (Lipinski definition) is 2. The monoisotopic (exact) mass is 686 g/mol. The molecule has 264 valence electrons. The molecule has 0 spiro atoms. The lowest BCUT2D eigenvalue weighted by Crippen LogP contribution is -2.11. The highest BCUT2D eigenvalue weighted by Gasteiger charge is 2.26. The molecule has 3 rings (SSSR count). The number of ether oxygens (including phenoxy) is 5. The van der Waals surface area contributed by atoms with Crippen LogP contribution in [-0.4, -0.2) is 51.0 Å². The number of rotatable bonds is 19. The van der Waals surface area contributed by atoms with Crippen LogP contribution in [0.3, 0.4) is 0 Å². The minimum Gasteiger partial charge on any atom is -0.493 e. The van der Waals surface area contributed by atoms with E-state index in [9.17, 15) is 27.6 Å². The molecule has 10 nitrogen and oxygen atoms in total. The van der Waals surface area contributed by atoms with Crippen LogP contribution in [0.15, 0.2) is 66.7 Å². The summed E-state index contributed by atoms with van der Waals surface area (Å²) in [6.45, 7) is 0.455. The van der Waals surface area contributed by atoms with Crippen LogP contribution in [0, 0.1) is 0 Å². The molecule has 0 bridgehead atoms. The number of unbranched alkanes of at least 4 members (excludes halogenated alkanes) is 5. The summed E-state index contributed by atoms with van der Waals surface area (Å²) >= 11 is 0. The summed E-state index contributed by atoms with van der Waals surface area (Å²) in [7, 11) is 1.35. The fraction of sp³-hybridized carbons (Fsp3) is 0.361. The molecule has 3 aromatic rings. The average molecular weight is 687 g/mol. The van der Waals surface area contributed by atoms with Crippen LogP contribution in [0.1, 0.15) is 77.6 Å². The van der Waals surface area contributed by atoms with Crippen molar-refractivity contribution in [3.8, 4) is 17.2 Å². The molecule has 0 aliphatic rings. The molecule has 0 unspecified atom stereocenters. The first-order chi connectivity index (χ1) is 23.4. The van der Waals surface area contributed by atoms with E-state index in [1.807, 2.05) is 0 Å². The van der Waals surface area contributed by atoms with E-state index in [0.29, 0.717) is 35.7 Å². The molecule has 0 fully saturated rings. The molecule has 0 atom stereocenters. The van der Waals surface area contributed by atoms with Crippen molar-refractivity contribution in [3.05, 3.63) is 83.4 Å². The van der Waals surface area contributed by atoms with Crippen LogP contribution in [0.4, 0.5) is 24.5 Å². The molecule has 13 heteroatoms. The number of halogens is 3. The number of nitrogens with two attached hydrogens (primary N) is 2. The van der Waals surface area contributed by atoms with Gasteiger partial charge in [0.1, 0.15) is 5.75 Å². The molecule has 0 amide bonds. The van der Waals surface area contributed by atoms with Gasteiger partial charge in [-0.05, 0) is 79.4 Å². The lowest BCUT2D eigenvalue weighted by atomic mass is 10.1. The van der Waals surface area contributed by atoms with Crippen molar-refractivity contribution >= 4 is 35.4 Å². The van der Waals surface area contributed by atoms with Crippen LogP contribution in [0.2, 0.25) is 0 Å². The first-order valence-electron chi connectivity index (χ1n) is 15.8. The first-order valence-corrected chi connectivity index (χ1v) is 15.8. The predicted molar refractivity (Wildman–Crippen MR) is 178 cm³/mol. The molecule has 4 N–H and O–H groups in total. The van der Waals surface area contributed by atoms with Gasteiger partial charge >= 0.3 is 24.1 Å². The van der Waals surface area contributed by atoms with Gasteiger partial charge in [-0.1, -0.05) is 37.8 Å². The zero-order chi connectivity index (χ0) is 35.6. The van der Waals surface area contributed by atoms with E-state index in [1.165, 1.54) is 43.5 Å². The topological polar surface area (TPSA) is 149 Å². The van der Waals surface area contributed by atoms with Crippen molar-refractivity contribution in [2.45, 2.75) is 57.5 Å². The summed E-state index contributed by atoms with van der Waals surface area (Å²) < 4.78 is 63.5. The van der Waals surface area contributed by atoms with Gasteiger partial charge in [0, 0.05) is 23.9 Å². The molecule has 3 aromatic carbocycles. The predicted octanol–water partition coefficient (Wildman–Crippen LogP) is 7.55. The third-order valence-corrected chi connectivity index (χ3v) is 6.99. The standard InChI is InChI=1S/C36H41F3N2O8/c1-45-32-23-26(12-15-31(32)46-20-8-17-36(37,38)39)35(44)49-30-13-9-25(10-14-30)11-16-33(42)47-18-6-4-2-3-5-7-19-48-34(43)27-21-28(40)24-29(41)22-27/h9-16,21-24H,2-8,17-20,40-41H2,1H3. The molecule has 0 heterocycles. The number of methoxy groups -OCH3 is 1. The highest BCUT2D eigenvalue weighted by atomic mass is 19.4. The molecule has 0 saturated carbocycles. The van der Waals surface area contributed by atoms with Gasteiger partial charge in [-0.25, -0.2) is 14.4 Å². The third-order valence-electron chi connectivity index (χ3n) is 6.99. The molecule has 0 aliphatic heterocycles. The summed E-state index contributed by atoms with van der Waals surface area (Å²) in [6, 6.07) is 15.3. The lowest BCUT2D eigenvalue weighted by molar-refractivity contribution is -0.138. The van der Waals surface area contributed by atoms with E-state index < -0.39 is 30.5 Å². The van der Waals surface area contributed by atoms with Crippen molar-refractivity contribution in [1.82, 2.24) is 0 Å². The fourth-order valence-corrected chi connectivity index (χ4v) is 4.52. The number of nitrogen functional groups attached to an aromatic ring is 2. The van der Waals surface area contributed by atoms with Gasteiger partial charge in [0.05, 0.1) is 38.1 Å². The zero-order valence-electron chi connectivity index (χ0n) is 27.3. The molecule has 49 heavy (non-hydrogen) atoms.